The number of carbonyl (C=O) groups excluding carboxylic acids is 1. The van der Waals surface area contributed by atoms with E-state index in [0.29, 0.717) is 13.2 Å². The molecule has 2 aromatic rings. The van der Waals surface area contributed by atoms with Crippen molar-refractivity contribution in [3.05, 3.63) is 71.8 Å². The fraction of sp³-hybridized carbons (Fsp3) is 0.435. The molecule has 0 bridgehead atoms. The van der Waals surface area contributed by atoms with E-state index in [9.17, 15) is 4.79 Å². The summed E-state index contributed by atoms with van der Waals surface area (Å²) in [6, 6.07) is 19.4. The van der Waals surface area contributed by atoms with Gasteiger partial charge in [0.25, 0.3) is 0 Å². The SMILES string of the molecule is CCN(CC)CCOC(=O)C(O[Si](C)(C)C)(c1ccccc1)c1ccccc1. The first-order chi connectivity index (χ1) is 13.3. The maximum atomic E-state index is 13.6. The summed E-state index contributed by atoms with van der Waals surface area (Å²) in [6.07, 6.45) is 0. The van der Waals surface area contributed by atoms with Crippen molar-refractivity contribution in [2.24, 2.45) is 0 Å². The second kappa shape index (κ2) is 10.0. The lowest BCUT2D eigenvalue weighted by atomic mass is 9.86. The number of esters is 1. The molecule has 0 saturated carbocycles. The number of benzene rings is 2. The Bertz CT molecular complexity index is 685. The van der Waals surface area contributed by atoms with Crippen molar-refractivity contribution in [2.75, 3.05) is 26.2 Å². The molecule has 4 nitrogen and oxygen atoms in total. The number of likely N-dealkylation sites (N-methyl/N-ethyl adjacent to an activating group) is 1. The van der Waals surface area contributed by atoms with Gasteiger partial charge in [0.1, 0.15) is 6.61 Å². The standard InChI is InChI=1S/C23H33NO3Si/c1-6-24(7-2)18-19-26-22(25)23(27-28(3,4)5,20-14-10-8-11-15-20)21-16-12-9-13-17-21/h8-17H,6-7,18-19H2,1-5H3. The smallest absolute Gasteiger partial charge is 0.346 e. The predicted molar refractivity (Wildman–Crippen MR) is 117 cm³/mol. The lowest BCUT2D eigenvalue weighted by Gasteiger charge is -2.38. The van der Waals surface area contributed by atoms with Crippen molar-refractivity contribution < 1.29 is 14.0 Å². The highest BCUT2D eigenvalue weighted by atomic mass is 28.4. The van der Waals surface area contributed by atoms with Crippen LogP contribution in [-0.4, -0.2) is 45.4 Å². The molecule has 152 valence electrons. The van der Waals surface area contributed by atoms with Crippen LogP contribution in [-0.2, 0) is 19.6 Å². The molecule has 0 saturated heterocycles. The van der Waals surface area contributed by atoms with E-state index in [1.807, 2.05) is 60.7 Å². The number of ether oxygens (including phenoxy) is 1. The second-order valence-corrected chi connectivity index (χ2v) is 12.2. The number of hydrogen-bond acceptors (Lipinski definition) is 4. The van der Waals surface area contributed by atoms with Gasteiger partial charge in [-0.2, -0.15) is 0 Å². The van der Waals surface area contributed by atoms with Crippen molar-refractivity contribution in [3.8, 4) is 0 Å². The minimum Gasteiger partial charge on any atom is -0.462 e. The van der Waals surface area contributed by atoms with Gasteiger partial charge in [0.15, 0.2) is 8.32 Å². The van der Waals surface area contributed by atoms with Gasteiger partial charge in [-0.15, -0.1) is 0 Å². The van der Waals surface area contributed by atoms with Gasteiger partial charge in [0, 0.05) is 6.54 Å². The molecule has 0 unspecified atom stereocenters. The normalized spacial score (nSPS) is 12.2. The summed E-state index contributed by atoms with van der Waals surface area (Å²) in [4.78, 5) is 15.8. The first-order valence-corrected chi connectivity index (χ1v) is 13.4. The first-order valence-electron chi connectivity index (χ1n) is 10.0. The zero-order chi connectivity index (χ0) is 20.6. The third-order valence-electron chi connectivity index (χ3n) is 4.64. The zero-order valence-electron chi connectivity index (χ0n) is 17.8. The largest absolute Gasteiger partial charge is 0.462 e. The molecule has 28 heavy (non-hydrogen) atoms. The lowest BCUT2D eigenvalue weighted by Crippen LogP contribution is -2.48. The van der Waals surface area contributed by atoms with Crippen LogP contribution < -0.4 is 0 Å². The summed E-state index contributed by atoms with van der Waals surface area (Å²) in [5, 5.41) is 0. The Kier molecular flexibility index (Phi) is 7.98. The van der Waals surface area contributed by atoms with Crippen molar-refractivity contribution in [1.29, 1.82) is 0 Å². The van der Waals surface area contributed by atoms with E-state index in [2.05, 4.69) is 38.4 Å². The Labute approximate surface area is 170 Å². The minimum atomic E-state index is -2.11. The fourth-order valence-electron chi connectivity index (χ4n) is 3.28. The lowest BCUT2D eigenvalue weighted by molar-refractivity contribution is -0.160. The summed E-state index contributed by atoms with van der Waals surface area (Å²) in [6.45, 7) is 13.4. The monoisotopic (exact) mass is 399 g/mol. The molecule has 0 spiro atoms. The number of hydrogen-bond donors (Lipinski definition) is 0. The molecule has 0 heterocycles. The molecule has 0 aliphatic carbocycles. The maximum Gasteiger partial charge on any atom is 0.346 e. The molecule has 0 aromatic heterocycles. The quantitative estimate of drug-likeness (QED) is 0.430. The van der Waals surface area contributed by atoms with Crippen LogP contribution in [0.3, 0.4) is 0 Å². The highest BCUT2D eigenvalue weighted by Gasteiger charge is 2.47. The van der Waals surface area contributed by atoms with E-state index in [1.54, 1.807) is 0 Å². The van der Waals surface area contributed by atoms with Crippen LogP contribution >= 0.6 is 0 Å². The minimum absolute atomic E-state index is 0.344. The van der Waals surface area contributed by atoms with Crippen LogP contribution in [0.2, 0.25) is 19.6 Å². The van der Waals surface area contributed by atoms with Gasteiger partial charge in [-0.05, 0) is 43.9 Å². The second-order valence-electron chi connectivity index (χ2n) is 7.79. The molecule has 5 heteroatoms. The van der Waals surface area contributed by atoms with Crippen molar-refractivity contribution in [2.45, 2.75) is 39.1 Å². The molecular weight excluding hydrogens is 366 g/mol. The van der Waals surface area contributed by atoms with Gasteiger partial charge < -0.3 is 14.1 Å². The maximum absolute atomic E-state index is 13.6. The van der Waals surface area contributed by atoms with Gasteiger partial charge in [-0.1, -0.05) is 74.5 Å². The molecule has 2 aromatic carbocycles. The van der Waals surface area contributed by atoms with E-state index < -0.39 is 13.9 Å². The van der Waals surface area contributed by atoms with Crippen LogP contribution in [0.15, 0.2) is 60.7 Å². The van der Waals surface area contributed by atoms with E-state index in [1.165, 1.54) is 0 Å². The third-order valence-corrected chi connectivity index (χ3v) is 5.56. The molecule has 0 atom stereocenters. The summed E-state index contributed by atoms with van der Waals surface area (Å²) < 4.78 is 12.4. The number of rotatable bonds is 10. The Morgan fingerprint density at radius 1 is 0.893 bits per heavy atom. The van der Waals surface area contributed by atoms with Crippen molar-refractivity contribution in [1.82, 2.24) is 4.90 Å². The summed E-state index contributed by atoms with van der Waals surface area (Å²) in [5.41, 5.74) is 0.351. The molecule has 0 aliphatic heterocycles. The zero-order valence-corrected chi connectivity index (χ0v) is 18.8. The third kappa shape index (κ3) is 5.53. The molecule has 0 N–H and O–H groups in total. The summed E-state index contributed by atoms with van der Waals surface area (Å²) >= 11 is 0. The fourth-order valence-corrected chi connectivity index (χ4v) is 4.51. The van der Waals surface area contributed by atoms with Crippen LogP contribution in [0, 0.1) is 0 Å². The Morgan fingerprint density at radius 2 is 1.36 bits per heavy atom. The first kappa shape index (κ1) is 22.3. The topological polar surface area (TPSA) is 38.8 Å². The van der Waals surface area contributed by atoms with Gasteiger partial charge in [-0.3, -0.25) is 0 Å². The summed E-state index contributed by atoms with van der Waals surface area (Å²) in [7, 11) is -2.11. The predicted octanol–water partition coefficient (Wildman–Crippen LogP) is 4.67. The molecule has 0 fully saturated rings. The molecule has 0 aliphatic rings. The highest BCUT2D eigenvalue weighted by Crippen LogP contribution is 2.38. The van der Waals surface area contributed by atoms with Gasteiger partial charge in [0.2, 0.25) is 5.60 Å². The molecule has 0 radical (unpaired) electrons. The Morgan fingerprint density at radius 3 is 1.75 bits per heavy atom. The van der Waals surface area contributed by atoms with E-state index in [-0.39, 0.29) is 5.97 Å². The van der Waals surface area contributed by atoms with Crippen LogP contribution in [0.1, 0.15) is 25.0 Å². The number of nitrogens with zero attached hydrogens (tertiary/aromatic N) is 1. The summed E-state index contributed by atoms with van der Waals surface area (Å²) in [5.74, 6) is -0.348. The molecule has 2 rings (SSSR count). The van der Waals surface area contributed by atoms with Gasteiger partial charge >= 0.3 is 5.97 Å². The van der Waals surface area contributed by atoms with Gasteiger partial charge in [0.05, 0.1) is 0 Å². The van der Waals surface area contributed by atoms with Crippen molar-refractivity contribution in [3.63, 3.8) is 0 Å². The average molecular weight is 400 g/mol. The average Bonchev–Trinajstić information content (AvgIpc) is 2.70. The van der Waals surface area contributed by atoms with Crippen LogP contribution in [0.5, 0.6) is 0 Å². The van der Waals surface area contributed by atoms with E-state index >= 15 is 0 Å². The highest BCUT2D eigenvalue weighted by molar-refractivity contribution is 6.70. The molecular formula is C23H33NO3Si. The van der Waals surface area contributed by atoms with Gasteiger partial charge in [-0.25, -0.2) is 4.79 Å². The van der Waals surface area contributed by atoms with Crippen LogP contribution in [0.4, 0.5) is 0 Å². The molecule has 0 amide bonds. The van der Waals surface area contributed by atoms with Crippen molar-refractivity contribution >= 4 is 14.3 Å². The van der Waals surface area contributed by atoms with E-state index in [0.717, 1.165) is 24.2 Å². The Hall–Kier alpha value is -1.95. The Balaban J connectivity index is 2.46. The van der Waals surface area contributed by atoms with E-state index in [4.69, 9.17) is 9.16 Å². The number of carbonyl (C=O) groups is 1. The van der Waals surface area contributed by atoms with Crippen LogP contribution in [0.25, 0.3) is 0 Å².